The molecule has 1 aliphatic heterocycles. The Kier molecular flexibility index (Phi) is 8.87. The Hall–Kier alpha value is -3.32. The van der Waals surface area contributed by atoms with E-state index < -0.39 is 17.9 Å². The quantitative estimate of drug-likeness (QED) is 0.339. The number of fused-ring (bicyclic) bond motifs is 1. The first kappa shape index (κ1) is 26.7. The number of carbonyl (C=O) groups is 2. The summed E-state index contributed by atoms with van der Waals surface area (Å²) < 4.78 is 10.9. The van der Waals surface area contributed by atoms with Crippen LogP contribution >= 0.6 is 0 Å². The molecule has 0 unspecified atom stereocenters. The summed E-state index contributed by atoms with van der Waals surface area (Å²) >= 11 is 0. The van der Waals surface area contributed by atoms with Gasteiger partial charge in [-0.25, -0.2) is 0 Å². The molecule has 198 valence electrons. The number of hydrogen-bond donors (Lipinski definition) is 1. The Labute approximate surface area is 219 Å². The number of carboxylic acid groups (broad SMARTS) is 1. The van der Waals surface area contributed by atoms with Gasteiger partial charge in [0.2, 0.25) is 5.91 Å². The molecule has 1 aliphatic rings. The predicted octanol–water partition coefficient (Wildman–Crippen LogP) is 5.71. The first-order chi connectivity index (χ1) is 18.0. The Morgan fingerprint density at radius 2 is 1.76 bits per heavy atom. The maximum Gasteiger partial charge on any atom is 0.309 e. The third kappa shape index (κ3) is 5.82. The highest BCUT2D eigenvalue weighted by molar-refractivity contribution is 5.84. The monoisotopic (exact) mass is 506 g/mol. The van der Waals surface area contributed by atoms with E-state index in [1.54, 1.807) is 13.4 Å². The molecule has 1 fully saturated rings. The maximum absolute atomic E-state index is 13.6. The number of ether oxygens (including phenoxy) is 1. The van der Waals surface area contributed by atoms with Crippen LogP contribution in [0.1, 0.15) is 62.6 Å². The minimum atomic E-state index is -0.866. The van der Waals surface area contributed by atoms with Gasteiger partial charge in [0.1, 0.15) is 11.3 Å². The summed E-state index contributed by atoms with van der Waals surface area (Å²) in [7, 11) is 1.61. The molecule has 1 N–H and O–H groups in total. The van der Waals surface area contributed by atoms with Gasteiger partial charge in [0, 0.05) is 37.0 Å². The molecule has 3 atom stereocenters. The summed E-state index contributed by atoms with van der Waals surface area (Å²) in [5.41, 5.74) is 2.56. The van der Waals surface area contributed by atoms with Crippen molar-refractivity contribution in [2.45, 2.75) is 51.5 Å². The lowest BCUT2D eigenvalue weighted by molar-refractivity contribution is -0.144. The van der Waals surface area contributed by atoms with Crippen molar-refractivity contribution < 1.29 is 23.8 Å². The number of furan rings is 1. The van der Waals surface area contributed by atoms with Crippen LogP contribution in [0.4, 0.5) is 0 Å². The SMILES string of the molecule is CCCCN(CCCC)C(=O)CN1C[C@H](c2cccc3occc23)[C@H](C(=O)O)[C@H]1c1ccc(OC)cc1. The van der Waals surface area contributed by atoms with Gasteiger partial charge in [-0.2, -0.15) is 0 Å². The summed E-state index contributed by atoms with van der Waals surface area (Å²) in [6.07, 6.45) is 5.60. The summed E-state index contributed by atoms with van der Waals surface area (Å²) in [5, 5.41) is 11.4. The lowest BCUT2D eigenvalue weighted by atomic mass is 9.82. The summed E-state index contributed by atoms with van der Waals surface area (Å²) in [5.74, 6) is -1.11. The van der Waals surface area contributed by atoms with Gasteiger partial charge >= 0.3 is 5.97 Å². The highest BCUT2D eigenvalue weighted by Crippen LogP contribution is 2.47. The van der Waals surface area contributed by atoms with E-state index >= 15 is 0 Å². The van der Waals surface area contributed by atoms with Gasteiger partial charge in [-0.15, -0.1) is 0 Å². The van der Waals surface area contributed by atoms with Crippen molar-refractivity contribution in [2.75, 3.05) is 33.3 Å². The molecule has 7 heteroatoms. The van der Waals surface area contributed by atoms with Crippen LogP contribution in [0.5, 0.6) is 5.75 Å². The minimum Gasteiger partial charge on any atom is -0.497 e. The van der Waals surface area contributed by atoms with Crippen molar-refractivity contribution in [1.29, 1.82) is 0 Å². The van der Waals surface area contributed by atoms with E-state index in [1.807, 2.05) is 53.4 Å². The van der Waals surface area contributed by atoms with Crippen LogP contribution in [0.25, 0.3) is 11.0 Å². The number of carbonyl (C=O) groups excluding carboxylic acids is 1. The number of hydrogen-bond acceptors (Lipinski definition) is 5. The molecule has 2 aromatic carbocycles. The van der Waals surface area contributed by atoms with Crippen LogP contribution in [0.15, 0.2) is 59.2 Å². The molecule has 0 spiro atoms. The van der Waals surface area contributed by atoms with Crippen molar-refractivity contribution in [1.82, 2.24) is 9.80 Å². The number of amides is 1. The maximum atomic E-state index is 13.6. The topological polar surface area (TPSA) is 83.2 Å². The van der Waals surface area contributed by atoms with Crippen LogP contribution in [0.2, 0.25) is 0 Å². The standard InChI is InChI=1S/C30H38N2O5/c1-4-6-16-31(17-7-5-2)27(33)20-32-19-25(23-9-8-10-26-24(23)15-18-37-26)28(30(34)35)29(32)21-11-13-22(36-3)14-12-21/h8-15,18,25,28-29H,4-7,16-17,19-20H2,1-3H3,(H,34,35)/t25-,28+,29-/m1/s1. The average Bonchev–Trinajstić information content (AvgIpc) is 3.53. The third-order valence-corrected chi connectivity index (χ3v) is 7.52. The molecule has 0 bridgehead atoms. The third-order valence-electron chi connectivity index (χ3n) is 7.52. The largest absolute Gasteiger partial charge is 0.497 e. The van der Waals surface area contributed by atoms with Gasteiger partial charge in [0.25, 0.3) is 0 Å². The fraction of sp³-hybridized carbons (Fsp3) is 0.467. The average molecular weight is 507 g/mol. The molecule has 2 heterocycles. The fourth-order valence-corrected chi connectivity index (χ4v) is 5.58. The van der Waals surface area contributed by atoms with Crippen LogP contribution < -0.4 is 4.74 Å². The first-order valence-electron chi connectivity index (χ1n) is 13.3. The number of rotatable bonds is 12. The summed E-state index contributed by atoms with van der Waals surface area (Å²) in [6.45, 7) is 6.38. The number of likely N-dealkylation sites (tertiary alicyclic amines) is 1. The molecule has 1 saturated heterocycles. The molecule has 1 amide bonds. The highest BCUT2D eigenvalue weighted by Gasteiger charge is 2.48. The number of aliphatic carboxylic acids is 1. The fourth-order valence-electron chi connectivity index (χ4n) is 5.58. The van der Waals surface area contributed by atoms with E-state index in [0.29, 0.717) is 12.3 Å². The summed E-state index contributed by atoms with van der Waals surface area (Å²) in [4.78, 5) is 30.4. The van der Waals surface area contributed by atoms with Gasteiger partial charge in [0.05, 0.1) is 25.8 Å². The minimum absolute atomic E-state index is 0.0618. The van der Waals surface area contributed by atoms with Crippen LogP contribution in [0.3, 0.4) is 0 Å². The second-order valence-electron chi connectivity index (χ2n) is 9.89. The Balaban J connectivity index is 1.72. The normalized spacial score (nSPS) is 19.8. The zero-order valence-corrected chi connectivity index (χ0v) is 22.1. The second kappa shape index (κ2) is 12.3. The molecule has 0 saturated carbocycles. The Morgan fingerprint density at radius 3 is 2.38 bits per heavy atom. The molecule has 1 aromatic heterocycles. The number of benzene rings is 2. The first-order valence-corrected chi connectivity index (χ1v) is 13.3. The van der Waals surface area contributed by atoms with Gasteiger partial charge in [0.15, 0.2) is 0 Å². The lowest BCUT2D eigenvalue weighted by Gasteiger charge is -2.30. The second-order valence-corrected chi connectivity index (χ2v) is 9.89. The number of nitrogens with zero attached hydrogens (tertiary/aromatic N) is 2. The van der Waals surface area contributed by atoms with Gasteiger partial charge in [-0.3, -0.25) is 14.5 Å². The molecule has 0 radical (unpaired) electrons. The highest BCUT2D eigenvalue weighted by atomic mass is 16.5. The van der Waals surface area contributed by atoms with E-state index in [-0.39, 0.29) is 18.4 Å². The van der Waals surface area contributed by atoms with Crippen molar-refractivity contribution in [3.05, 3.63) is 65.9 Å². The van der Waals surface area contributed by atoms with Crippen LogP contribution in [0, 0.1) is 5.92 Å². The van der Waals surface area contributed by atoms with Crippen molar-refractivity contribution in [3.63, 3.8) is 0 Å². The predicted molar refractivity (Wildman–Crippen MR) is 144 cm³/mol. The molecular formula is C30H38N2O5. The molecule has 0 aliphatic carbocycles. The molecular weight excluding hydrogens is 468 g/mol. The lowest BCUT2D eigenvalue weighted by Crippen LogP contribution is -2.42. The van der Waals surface area contributed by atoms with Gasteiger partial charge in [-0.05, 0) is 48.2 Å². The number of carboxylic acids is 1. The Bertz CT molecular complexity index is 1180. The molecule has 37 heavy (non-hydrogen) atoms. The zero-order valence-electron chi connectivity index (χ0n) is 22.1. The van der Waals surface area contributed by atoms with Gasteiger partial charge in [-0.1, -0.05) is 51.0 Å². The van der Waals surface area contributed by atoms with Crippen LogP contribution in [-0.2, 0) is 9.59 Å². The molecule has 7 nitrogen and oxygen atoms in total. The van der Waals surface area contributed by atoms with Crippen molar-refractivity contribution >= 4 is 22.8 Å². The van der Waals surface area contributed by atoms with Crippen LogP contribution in [-0.4, -0.2) is 60.1 Å². The van der Waals surface area contributed by atoms with E-state index in [4.69, 9.17) is 9.15 Å². The number of unbranched alkanes of at least 4 members (excludes halogenated alkanes) is 2. The van der Waals surface area contributed by atoms with Crippen molar-refractivity contribution in [3.8, 4) is 5.75 Å². The zero-order chi connectivity index (χ0) is 26.4. The van der Waals surface area contributed by atoms with E-state index in [1.165, 1.54) is 0 Å². The van der Waals surface area contributed by atoms with E-state index in [2.05, 4.69) is 18.7 Å². The molecule has 3 aromatic rings. The molecule has 4 rings (SSSR count). The van der Waals surface area contributed by atoms with E-state index in [9.17, 15) is 14.7 Å². The Morgan fingerprint density at radius 1 is 1.05 bits per heavy atom. The summed E-state index contributed by atoms with van der Waals surface area (Å²) in [6, 6.07) is 14.8. The van der Waals surface area contributed by atoms with Crippen molar-refractivity contribution in [2.24, 2.45) is 5.92 Å². The smallest absolute Gasteiger partial charge is 0.309 e. The van der Waals surface area contributed by atoms with E-state index in [0.717, 1.165) is 60.9 Å². The number of methoxy groups -OCH3 is 1. The van der Waals surface area contributed by atoms with Gasteiger partial charge < -0.3 is 19.2 Å².